The van der Waals surface area contributed by atoms with E-state index in [1.54, 1.807) is 24.4 Å². The van der Waals surface area contributed by atoms with Crippen LogP contribution in [0, 0.1) is 6.92 Å². The fourth-order valence-corrected chi connectivity index (χ4v) is 2.20. The number of hydrogen-bond acceptors (Lipinski definition) is 2. The molecule has 0 aliphatic heterocycles. The van der Waals surface area contributed by atoms with Crippen LogP contribution in [0.3, 0.4) is 0 Å². The zero-order valence-corrected chi connectivity index (χ0v) is 11.2. The second-order valence-electron chi connectivity index (χ2n) is 4.19. The van der Waals surface area contributed by atoms with Crippen molar-refractivity contribution in [1.29, 1.82) is 0 Å². The van der Waals surface area contributed by atoms with E-state index in [1.807, 2.05) is 24.6 Å². The van der Waals surface area contributed by atoms with Crippen LogP contribution in [0.15, 0.2) is 30.6 Å². The molecule has 2 aromatic rings. The van der Waals surface area contributed by atoms with Crippen molar-refractivity contribution in [3.63, 3.8) is 0 Å². The highest BCUT2D eigenvalue weighted by atomic mass is 35.5. The monoisotopic (exact) mass is 262 g/mol. The molecule has 2 rings (SSSR count). The maximum Gasteiger partial charge on any atom is 0.170 e. The van der Waals surface area contributed by atoms with E-state index in [9.17, 15) is 4.79 Å². The number of nitrogens with zero attached hydrogens (tertiary/aromatic N) is 2. The molecule has 0 atom stereocenters. The molecule has 1 aromatic heterocycles. The van der Waals surface area contributed by atoms with Gasteiger partial charge in [0.15, 0.2) is 5.78 Å². The van der Waals surface area contributed by atoms with Crippen molar-refractivity contribution in [2.45, 2.75) is 26.8 Å². The van der Waals surface area contributed by atoms with Crippen molar-refractivity contribution in [3.8, 4) is 0 Å². The van der Waals surface area contributed by atoms with Gasteiger partial charge in [-0.1, -0.05) is 11.6 Å². The van der Waals surface area contributed by atoms with E-state index in [1.165, 1.54) is 0 Å². The average molecular weight is 263 g/mol. The summed E-state index contributed by atoms with van der Waals surface area (Å²) in [5, 5.41) is 0.652. The number of Topliss-reactive ketones (excluding diaryl/α,β-unsaturated/α-hetero) is 1. The third kappa shape index (κ3) is 2.62. The summed E-state index contributed by atoms with van der Waals surface area (Å²) in [6.45, 7) is 4.75. The van der Waals surface area contributed by atoms with Gasteiger partial charge < -0.3 is 4.57 Å². The SMILES string of the molecule is CCn1ccnc1CC(=O)c1ccc(Cl)cc1C. The van der Waals surface area contributed by atoms with E-state index < -0.39 is 0 Å². The molecular formula is C14H15ClN2O. The van der Waals surface area contributed by atoms with E-state index >= 15 is 0 Å². The summed E-state index contributed by atoms with van der Waals surface area (Å²) >= 11 is 5.88. The molecule has 0 aliphatic carbocycles. The third-order valence-electron chi connectivity index (χ3n) is 2.95. The highest BCUT2D eigenvalue weighted by Gasteiger charge is 2.13. The molecule has 3 nitrogen and oxygen atoms in total. The lowest BCUT2D eigenvalue weighted by molar-refractivity contribution is 0.0989. The Morgan fingerprint density at radius 1 is 1.44 bits per heavy atom. The Morgan fingerprint density at radius 2 is 2.22 bits per heavy atom. The van der Waals surface area contributed by atoms with Crippen LogP contribution in [0.25, 0.3) is 0 Å². The van der Waals surface area contributed by atoms with Crippen LogP contribution in [-0.2, 0) is 13.0 Å². The lowest BCUT2D eigenvalue weighted by Crippen LogP contribution is -2.10. The van der Waals surface area contributed by atoms with Crippen molar-refractivity contribution in [3.05, 3.63) is 52.6 Å². The van der Waals surface area contributed by atoms with E-state index in [4.69, 9.17) is 11.6 Å². The number of ketones is 1. The van der Waals surface area contributed by atoms with Crippen molar-refractivity contribution >= 4 is 17.4 Å². The van der Waals surface area contributed by atoms with Gasteiger partial charge in [-0.25, -0.2) is 4.98 Å². The quantitative estimate of drug-likeness (QED) is 0.793. The Kier molecular flexibility index (Phi) is 3.82. The van der Waals surface area contributed by atoms with Crippen LogP contribution in [0.5, 0.6) is 0 Å². The Hall–Kier alpha value is -1.61. The maximum atomic E-state index is 12.2. The van der Waals surface area contributed by atoms with Crippen LogP contribution in [0.2, 0.25) is 5.02 Å². The average Bonchev–Trinajstić information content (AvgIpc) is 2.76. The summed E-state index contributed by atoms with van der Waals surface area (Å²) in [6, 6.07) is 5.33. The molecule has 18 heavy (non-hydrogen) atoms. The fraction of sp³-hybridized carbons (Fsp3) is 0.286. The molecule has 0 aliphatic rings. The van der Waals surface area contributed by atoms with E-state index in [2.05, 4.69) is 4.98 Å². The van der Waals surface area contributed by atoms with Gasteiger partial charge in [0.2, 0.25) is 0 Å². The summed E-state index contributed by atoms with van der Waals surface area (Å²) in [7, 11) is 0. The highest BCUT2D eigenvalue weighted by Crippen LogP contribution is 2.17. The van der Waals surface area contributed by atoms with Crippen molar-refractivity contribution in [2.24, 2.45) is 0 Å². The molecule has 0 bridgehead atoms. The minimum Gasteiger partial charge on any atom is -0.335 e. The van der Waals surface area contributed by atoms with Crippen molar-refractivity contribution < 1.29 is 4.79 Å². The van der Waals surface area contributed by atoms with Crippen LogP contribution >= 0.6 is 11.6 Å². The van der Waals surface area contributed by atoms with Gasteiger partial charge >= 0.3 is 0 Å². The number of carbonyl (C=O) groups excluding carboxylic acids is 1. The molecule has 94 valence electrons. The Morgan fingerprint density at radius 3 is 2.89 bits per heavy atom. The number of halogens is 1. The molecule has 1 aromatic carbocycles. The number of aryl methyl sites for hydroxylation is 2. The van der Waals surface area contributed by atoms with Gasteiger partial charge in [-0.15, -0.1) is 0 Å². The number of carbonyl (C=O) groups is 1. The Bertz CT molecular complexity index is 575. The van der Waals surface area contributed by atoms with Crippen LogP contribution in [-0.4, -0.2) is 15.3 Å². The minimum atomic E-state index is 0.0741. The van der Waals surface area contributed by atoms with Gasteiger partial charge in [-0.05, 0) is 37.6 Å². The first-order chi connectivity index (χ1) is 8.61. The minimum absolute atomic E-state index is 0.0741. The first kappa shape index (κ1) is 12.8. The van der Waals surface area contributed by atoms with Gasteiger partial charge in [0.1, 0.15) is 5.82 Å². The molecule has 0 fully saturated rings. The van der Waals surface area contributed by atoms with Crippen LogP contribution < -0.4 is 0 Å². The van der Waals surface area contributed by atoms with Gasteiger partial charge in [0.05, 0.1) is 6.42 Å². The summed E-state index contributed by atoms with van der Waals surface area (Å²) in [5.41, 5.74) is 1.62. The second kappa shape index (κ2) is 5.36. The number of rotatable bonds is 4. The van der Waals surface area contributed by atoms with E-state index in [0.717, 1.165) is 17.9 Å². The Labute approximate surface area is 111 Å². The van der Waals surface area contributed by atoms with Gasteiger partial charge in [-0.2, -0.15) is 0 Å². The van der Waals surface area contributed by atoms with Gasteiger partial charge in [-0.3, -0.25) is 4.79 Å². The molecule has 0 saturated heterocycles. The molecule has 0 unspecified atom stereocenters. The van der Waals surface area contributed by atoms with E-state index in [0.29, 0.717) is 17.0 Å². The van der Waals surface area contributed by atoms with E-state index in [-0.39, 0.29) is 5.78 Å². The smallest absolute Gasteiger partial charge is 0.170 e. The number of imidazole rings is 1. The maximum absolute atomic E-state index is 12.2. The standard InChI is InChI=1S/C14H15ClN2O/c1-3-17-7-6-16-14(17)9-13(18)12-5-4-11(15)8-10(12)2/h4-8H,3,9H2,1-2H3. The molecule has 0 amide bonds. The largest absolute Gasteiger partial charge is 0.335 e. The first-order valence-corrected chi connectivity index (χ1v) is 6.29. The Balaban J connectivity index is 2.22. The van der Waals surface area contributed by atoms with Crippen LogP contribution in [0.4, 0.5) is 0 Å². The summed E-state index contributed by atoms with van der Waals surface area (Å²) in [4.78, 5) is 16.4. The van der Waals surface area contributed by atoms with Crippen molar-refractivity contribution in [1.82, 2.24) is 9.55 Å². The lowest BCUT2D eigenvalue weighted by Gasteiger charge is -2.07. The molecule has 0 spiro atoms. The third-order valence-corrected chi connectivity index (χ3v) is 3.19. The molecule has 0 saturated carbocycles. The zero-order chi connectivity index (χ0) is 13.1. The lowest BCUT2D eigenvalue weighted by atomic mass is 10.0. The van der Waals surface area contributed by atoms with Crippen molar-refractivity contribution in [2.75, 3.05) is 0 Å². The number of aromatic nitrogens is 2. The summed E-state index contributed by atoms with van der Waals surface area (Å²) in [6.07, 6.45) is 3.93. The molecule has 1 heterocycles. The van der Waals surface area contributed by atoms with Gasteiger partial charge in [0.25, 0.3) is 0 Å². The first-order valence-electron chi connectivity index (χ1n) is 5.91. The summed E-state index contributed by atoms with van der Waals surface area (Å²) < 4.78 is 1.98. The topological polar surface area (TPSA) is 34.9 Å². The zero-order valence-electron chi connectivity index (χ0n) is 10.5. The van der Waals surface area contributed by atoms with Gasteiger partial charge in [0, 0.05) is 29.5 Å². The normalized spacial score (nSPS) is 10.6. The predicted octanol–water partition coefficient (Wildman–Crippen LogP) is 3.29. The molecule has 0 radical (unpaired) electrons. The molecular weight excluding hydrogens is 248 g/mol. The predicted molar refractivity (Wildman–Crippen MR) is 72.1 cm³/mol. The fourth-order valence-electron chi connectivity index (χ4n) is 1.97. The molecule has 0 N–H and O–H groups in total. The number of benzene rings is 1. The molecule has 4 heteroatoms. The van der Waals surface area contributed by atoms with Crippen LogP contribution in [0.1, 0.15) is 28.7 Å². The summed E-state index contributed by atoms with van der Waals surface area (Å²) in [5.74, 6) is 0.877. The number of hydrogen-bond donors (Lipinski definition) is 0. The highest BCUT2D eigenvalue weighted by molar-refractivity contribution is 6.30. The second-order valence-corrected chi connectivity index (χ2v) is 4.63.